The van der Waals surface area contributed by atoms with E-state index in [9.17, 15) is 37.1 Å². The number of alkyl halides is 1. The van der Waals surface area contributed by atoms with Gasteiger partial charge in [0.15, 0.2) is 5.82 Å². The molecule has 0 unspecified atom stereocenters. The molecule has 0 radical (unpaired) electrons. The Morgan fingerprint density at radius 2 is 1.65 bits per heavy atom. The number of anilines is 1. The molecule has 6 aromatic rings. The van der Waals surface area contributed by atoms with Gasteiger partial charge in [-0.15, -0.1) is 11.3 Å². The molecule has 8 rings (SSSR count). The second-order valence-electron chi connectivity index (χ2n) is 19.3. The van der Waals surface area contributed by atoms with Crippen LogP contribution in [-0.2, 0) is 40.6 Å². The Labute approximate surface area is 435 Å². The number of amides is 3. The molecule has 0 aliphatic carbocycles. The van der Waals surface area contributed by atoms with Gasteiger partial charge >= 0.3 is 10.2 Å². The summed E-state index contributed by atoms with van der Waals surface area (Å²) in [5.41, 5.74) is 3.62. The molecular formula is C52H57F3N8O10S2. The lowest BCUT2D eigenvalue weighted by Crippen LogP contribution is -2.58. The number of hydrogen-bond donors (Lipinski definition) is 5. The lowest BCUT2D eigenvalue weighted by Gasteiger charge is -2.35. The number of β-amino-alcohol motifs (C(OH)–C–C–N with tert-alkyl or cyclic N) is 1. The fourth-order valence-electron chi connectivity index (χ4n) is 8.76. The van der Waals surface area contributed by atoms with Gasteiger partial charge in [-0.2, -0.15) is 12.7 Å². The molecule has 0 saturated carbocycles. The first-order valence-electron chi connectivity index (χ1n) is 24.1. The molecule has 0 bridgehead atoms. The van der Waals surface area contributed by atoms with Gasteiger partial charge in [0.25, 0.3) is 0 Å². The number of pyridine rings is 1. The maximum absolute atomic E-state index is 15.7. The van der Waals surface area contributed by atoms with Crippen LogP contribution in [0.4, 0.5) is 18.9 Å². The summed E-state index contributed by atoms with van der Waals surface area (Å²) in [6.45, 7) is 7.18. The Morgan fingerprint density at radius 1 is 0.933 bits per heavy atom. The van der Waals surface area contributed by atoms with Crippen molar-refractivity contribution in [3.63, 3.8) is 0 Å². The standard InChI is InChI=1S/C52H57F3N8O10S2/c1-30-47(74-29-59-30)33-7-5-31(6-8-33)23-58-50(67)42-22-36(64)27-63(42)51(68)48(52(2,3)4)60-43(65)28-72-18-17-71-19-20-73-37-11-9-32(10-12-37)34-21-38-39(25-57-49(38)56-24-34)46(66)44-40(54)13-14-41(45(44)55)61-75(69,70)62-16-15-35(53)26-62/h5-14,21,24-25,29,35-36,42,48,61,64H,15-20,22-23,26-28H2,1-4H3,(H,56,57)(H,58,67)(H,60,65)/t35-,36-,42+,48-/m1/s1. The van der Waals surface area contributed by atoms with Gasteiger partial charge in [0.2, 0.25) is 23.5 Å². The minimum Gasteiger partial charge on any atom is -0.491 e. The first-order valence-corrected chi connectivity index (χ1v) is 26.4. The highest BCUT2D eigenvalue weighted by molar-refractivity contribution is 7.90. The highest BCUT2D eigenvalue weighted by Crippen LogP contribution is 2.32. The summed E-state index contributed by atoms with van der Waals surface area (Å²) in [5.74, 6) is -4.62. The number of thiazole rings is 1. The third kappa shape index (κ3) is 13.0. The predicted octanol–water partition coefficient (Wildman–Crippen LogP) is 6.09. The molecule has 3 amide bonds. The molecule has 3 aromatic heterocycles. The van der Waals surface area contributed by atoms with Gasteiger partial charge in [0, 0.05) is 61.5 Å². The summed E-state index contributed by atoms with van der Waals surface area (Å²) < 4.78 is 89.9. The smallest absolute Gasteiger partial charge is 0.301 e. The van der Waals surface area contributed by atoms with E-state index < -0.39 is 92.9 Å². The van der Waals surface area contributed by atoms with Crippen LogP contribution in [0.15, 0.2) is 84.6 Å². The van der Waals surface area contributed by atoms with Gasteiger partial charge in [-0.05, 0) is 65.8 Å². The van der Waals surface area contributed by atoms with Crippen molar-refractivity contribution in [1.29, 1.82) is 0 Å². The molecule has 75 heavy (non-hydrogen) atoms. The molecule has 5 heterocycles. The van der Waals surface area contributed by atoms with Crippen molar-refractivity contribution in [2.45, 2.75) is 71.4 Å². The zero-order valence-corrected chi connectivity index (χ0v) is 43.2. The number of nitrogens with one attached hydrogen (secondary N) is 4. The van der Waals surface area contributed by atoms with Gasteiger partial charge < -0.3 is 39.8 Å². The molecular weight excluding hydrogens is 1020 g/mol. The molecule has 5 N–H and O–H groups in total. The van der Waals surface area contributed by atoms with Gasteiger partial charge in [0.05, 0.1) is 53.3 Å². The number of aromatic amines is 1. The number of carbonyl (C=O) groups excluding carboxylic acids is 4. The van der Waals surface area contributed by atoms with Gasteiger partial charge in [-0.1, -0.05) is 57.2 Å². The summed E-state index contributed by atoms with van der Waals surface area (Å²) >= 11 is 1.55. The van der Waals surface area contributed by atoms with Gasteiger partial charge in [-0.25, -0.2) is 23.1 Å². The third-order valence-electron chi connectivity index (χ3n) is 12.8. The molecule has 0 spiro atoms. The number of aromatic nitrogens is 3. The second-order valence-corrected chi connectivity index (χ2v) is 21.8. The van der Waals surface area contributed by atoms with E-state index in [4.69, 9.17) is 14.2 Å². The predicted molar refractivity (Wildman–Crippen MR) is 274 cm³/mol. The lowest BCUT2D eigenvalue weighted by atomic mass is 9.85. The monoisotopic (exact) mass is 1070 g/mol. The van der Waals surface area contributed by atoms with Crippen LogP contribution >= 0.6 is 11.3 Å². The number of aliphatic hydroxyl groups is 1. The molecule has 398 valence electrons. The Hall–Kier alpha value is -6.76. The van der Waals surface area contributed by atoms with E-state index in [-0.39, 0.29) is 82.1 Å². The first kappa shape index (κ1) is 54.5. The van der Waals surface area contributed by atoms with Crippen LogP contribution in [0.3, 0.4) is 0 Å². The number of hydrogen-bond acceptors (Lipinski definition) is 13. The van der Waals surface area contributed by atoms with Crippen LogP contribution in [0, 0.1) is 24.0 Å². The minimum atomic E-state index is -4.39. The molecule has 3 aromatic carbocycles. The van der Waals surface area contributed by atoms with Crippen molar-refractivity contribution < 1.29 is 60.1 Å². The Bertz CT molecular complexity index is 3150. The average Bonchev–Trinajstić information content (AvgIpc) is 4.21. The van der Waals surface area contributed by atoms with E-state index in [0.29, 0.717) is 16.9 Å². The summed E-state index contributed by atoms with van der Waals surface area (Å²) in [6, 6.07) is 16.0. The zero-order chi connectivity index (χ0) is 53.6. The Balaban J connectivity index is 0.767. The summed E-state index contributed by atoms with van der Waals surface area (Å²) in [7, 11) is -4.39. The average molecular weight is 1080 g/mol. The number of carbonyl (C=O) groups is 4. The van der Waals surface area contributed by atoms with Crippen LogP contribution in [0.5, 0.6) is 5.75 Å². The number of rotatable bonds is 21. The van der Waals surface area contributed by atoms with Crippen molar-refractivity contribution in [3.8, 4) is 27.3 Å². The topological polar surface area (TPSA) is 234 Å². The van der Waals surface area contributed by atoms with E-state index in [0.717, 1.165) is 38.1 Å². The fraction of sp³-hybridized carbons (Fsp3) is 0.385. The van der Waals surface area contributed by atoms with Crippen LogP contribution < -0.4 is 20.1 Å². The van der Waals surface area contributed by atoms with Crippen molar-refractivity contribution in [2.24, 2.45) is 5.41 Å². The zero-order valence-electron chi connectivity index (χ0n) is 41.5. The highest BCUT2D eigenvalue weighted by atomic mass is 32.2. The maximum Gasteiger partial charge on any atom is 0.301 e. The molecule has 2 aliphatic heterocycles. The van der Waals surface area contributed by atoms with Crippen molar-refractivity contribution in [2.75, 3.05) is 57.4 Å². The largest absolute Gasteiger partial charge is 0.491 e. The van der Waals surface area contributed by atoms with E-state index >= 15 is 8.78 Å². The number of aliphatic hydroxyl groups excluding tert-OH is 1. The van der Waals surface area contributed by atoms with Crippen molar-refractivity contribution in [3.05, 3.63) is 119 Å². The highest BCUT2D eigenvalue weighted by Gasteiger charge is 2.44. The third-order valence-corrected chi connectivity index (χ3v) is 15.2. The normalized spacial score (nSPS) is 17.5. The second kappa shape index (κ2) is 23.4. The summed E-state index contributed by atoms with van der Waals surface area (Å²) in [5, 5.41) is 16.5. The van der Waals surface area contributed by atoms with E-state index in [1.54, 1.807) is 74.1 Å². The fourth-order valence-corrected chi connectivity index (χ4v) is 10.8. The number of fused-ring (bicyclic) bond motifs is 1. The number of benzene rings is 3. The molecule has 2 fully saturated rings. The molecule has 2 saturated heterocycles. The number of likely N-dealkylation sites (tertiary alicyclic amines) is 1. The minimum absolute atomic E-state index is 0.0199. The Morgan fingerprint density at radius 3 is 2.35 bits per heavy atom. The summed E-state index contributed by atoms with van der Waals surface area (Å²) in [4.78, 5) is 68.1. The number of halogens is 3. The van der Waals surface area contributed by atoms with Crippen molar-refractivity contribution >= 4 is 61.8 Å². The molecule has 4 atom stereocenters. The number of ether oxygens (including phenoxy) is 3. The molecule has 23 heteroatoms. The number of H-pyrrole nitrogens is 1. The number of ketones is 1. The summed E-state index contributed by atoms with van der Waals surface area (Å²) in [6.07, 6.45) is 0.565. The molecule has 2 aliphatic rings. The van der Waals surface area contributed by atoms with Crippen LogP contribution in [0.1, 0.15) is 60.8 Å². The number of aryl methyl sites for hydroxylation is 1. The van der Waals surface area contributed by atoms with Gasteiger partial charge in [-0.3, -0.25) is 23.9 Å². The Kier molecular flexibility index (Phi) is 17.0. The first-order chi connectivity index (χ1) is 35.8. The quantitative estimate of drug-likeness (QED) is 0.0407. The van der Waals surface area contributed by atoms with Gasteiger partial charge in [0.1, 0.15) is 48.7 Å². The number of nitrogens with zero attached hydrogens (tertiary/aromatic N) is 4. The van der Waals surface area contributed by atoms with Crippen LogP contribution in [0.25, 0.3) is 32.6 Å². The van der Waals surface area contributed by atoms with E-state index in [2.05, 4.69) is 25.6 Å². The van der Waals surface area contributed by atoms with E-state index in [1.165, 1.54) is 11.1 Å². The lowest BCUT2D eigenvalue weighted by molar-refractivity contribution is -0.144. The molecule has 18 nitrogen and oxygen atoms in total. The SMILES string of the molecule is Cc1ncsc1-c1ccc(CNC(=O)[C@@H]2C[C@@H](O)CN2C(=O)[C@@H](NC(=O)COCCOCCOc2ccc(-c3cnc4[nH]cc(C(=O)c5c(F)ccc(NS(=O)(=O)N6CC[C@@H](F)C6)c5F)c4c3)cc2)C(C)(C)C)cc1. The van der Waals surface area contributed by atoms with Crippen molar-refractivity contribution in [1.82, 2.24) is 34.8 Å². The van der Waals surface area contributed by atoms with Crippen LogP contribution in [0.2, 0.25) is 0 Å². The van der Waals surface area contributed by atoms with E-state index in [1.807, 2.05) is 35.9 Å². The van der Waals surface area contributed by atoms with Crippen LogP contribution in [-0.4, -0.2) is 138 Å². The maximum atomic E-state index is 15.7.